The predicted molar refractivity (Wildman–Crippen MR) is 334 cm³/mol. The Bertz CT molecular complexity index is 1560. The molecule has 0 aliphatic heterocycles. The van der Waals surface area contributed by atoms with Crippen molar-refractivity contribution in [3.63, 3.8) is 0 Å². The maximum absolute atomic E-state index is 12.9. The number of carbonyl (C=O) groups excluding carboxylic acids is 3. The van der Waals surface area contributed by atoms with Crippen molar-refractivity contribution in [2.75, 3.05) is 13.2 Å². The monoisotopic (exact) mass is 1070 g/mol. The van der Waals surface area contributed by atoms with E-state index in [2.05, 4.69) is 130 Å². The molecule has 0 aromatic carbocycles. The minimum Gasteiger partial charge on any atom is -0.462 e. The number of ether oxygens (including phenoxy) is 3. The van der Waals surface area contributed by atoms with Gasteiger partial charge in [-0.3, -0.25) is 14.4 Å². The topological polar surface area (TPSA) is 78.9 Å². The van der Waals surface area contributed by atoms with Gasteiger partial charge in [0, 0.05) is 19.3 Å². The smallest absolute Gasteiger partial charge is 0.306 e. The Kier molecular flexibility index (Phi) is 61.3. The van der Waals surface area contributed by atoms with Crippen LogP contribution in [0, 0.1) is 0 Å². The van der Waals surface area contributed by atoms with Gasteiger partial charge in [0.15, 0.2) is 6.10 Å². The second-order valence-electron chi connectivity index (χ2n) is 21.3. The van der Waals surface area contributed by atoms with Crippen LogP contribution in [0.5, 0.6) is 0 Å². The maximum Gasteiger partial charge on any atom is 0.306 e. The highest BCUT2D eigenvalue weighted by Gasteiger charge is 2.19. The summed E-state index contributed by atoms with van der Waals surface area (Å²) in [6.45, 7) is 6.47. The second kappa shape index (κ2) is 64.6. The van der Waals surface area contributed by atoms with Crippen molar-refractivity contribution in [3.05, 3.63) is 109 Å². The fourth-order valence-electron chi connectivity index (χ4n) is 8.87. The highest BCUT2D eigenvalue weighted by atomic mass is 16.6. The van der Waals surface area contributed by atoms with Crippen LogP contribution in [0.15, 0.2) is 109 Å². The molecule has 0 aliphatic carbocycles. The first kappa shape index (κ1) is 73.1. The van der Waals surface area contributed by atoms with Gasteiger partial charge in [-0.15, -0.1) is 0 Å². The molecule has 0 N–H and O–H groups in total. The van der Waals surface area contributed by atoms with E-state index in [4.69, 9.17) is 14.2 Å². The SMILES string of the molecule is CC/C=C\C/C=C\C/C=C\C/C=C\C/C=C\CCCCCCCCCCCCCC(=O)OCC(COC(=O)CCCCCCC/C=C\C/C=C\CCCC)OC(=O)CCCCCCCCC/C=C\C/C=C\CCCCCC. The number of hydrogen-bond donors (Lipinski definition) is 0. The van der Waals surface area contributed by atoms with Crippen molar-refractivity contribution in [3.8, 4) is 0 Å². The molecule has 440 valence electrons. The Labute approximate surface area is 476 Å². The Morgan fingerprint density at radius 2 is 0.519 bits per heavy atom. The molecule has 0 spiro atoms. The number of hydrogen-bond acceptors (Lipinski definition) is 6. The average molecular weight is 1070 g/mol. The number of allylic oxidation sites excluding steroid dienone is 18. The molecule has 0 fully saturated rings. The van der Waals surface area contributed by atoms with Gasteiger partial charge in [-0.05, 0) is 122 Å². The van der Waals surface area contributed by atoms with E-state index in [1.807, 2.05) is 0 Å². The predicted octanol–water partition coefficient (Wildman–Crippen LogP) is 22.2. The molecule has 1 atom stereocenters. The lowest BCUT2D eigenvalue weighted by molar-refractivity contribution is -0.167. The first-order valence-electron chi connectivity index (χ1n) is 32.4. The Morgan fingerprint density at radius 1 is 0.273 bits per heavy atom. The van der Waals surface area contributed by atoms with Gasteiger partial charge in [-0.25, -0.2) is 0 Å². The van der Waals surface area contributed by atoms with E-state index in [9.17, 15) is 14.4 Å². The molecule has 77 heavy (non-hydrogen) atoms. The van der Waals surface area contributed by atoms with Crippen LogP contribution in [0.4, 0.5) is 0 Å². The first-order valence-corrected chi connectivity index (χ1v) is 32.4. The maximum atomic E-state index is 12.9. The van der Waals surface area contributed by atoms with E-state index in [1.54, 1.807) is 0 Å². The van der Waals surface area contributed by atoms with E-state index in [1.165, 1.54) is 135 Å². The van der Waals surface area contributed by atoms with Crippen molar-refractivity contribution in [1.82, 2.24) is 0 Å². The van der Waals surface area contributed by atoms with Gasteiger partial charge in [0.2, 0.25) is 0 Å². The van der Waals surface area contributed by atoms with Crippen LogP contribution >= 0.6 is 0 Å². The van der Waals surface area contributed by atoms with Crippen LogP contribution in [0.2, 0.25) is 0 Å². The van der Waals surface area contributed by atoms with Crippen LogP contribution in [0.3, 0.4) is 0 Å². The second-order valence-corrected chi connectivity index (χ2v) is 21.3. The van der Waals surface area contributed by atoms with Gasteiger partial charge in [0.1, 0.15) is 13.2 Å². The summed E-state index contributed by atoms with van der Waals surface area (Å²) in [6, 6.07) is 0. The van der Waals surface area contributed by atoms with Crippen molar-refractivity contribution in [1.29, 1.82) is 0 Å². The van der Waals surface area contributed by atoms with Gasteiger partial charge in [-0.1, -0.05) is 271 Å². The molecule has 0 aromatic heterocycles. The van der Waals surface area contributed by atoms with Crippen LogP contribution in [-0.4, -0.2) is 37.2 Å². The van der Waals surface area contributed by atoms with Crippen LogP contribution < -0.4 is 0 Å². The first-order chi connectivity index (χ1) is 38.0. The molecule has 6 nitrogen and oxygen atoms in total. The number of unbranched alkanes of at least 4 members (excludes halogenated alkanes) is 29. The molecule has 0 aliphatic rings. The summed E-state index contributed by atoms with van der Waals surface area (Å²) in [6.07, 6.45) is 88.0. The van der Waals surface area contributed by atoms with Crippen LogP contribution in [-0.2, 0) is 28.6 Å². The van der Waals surface area contributed by atoms with Crippen LogP contribution in [0.1, 0.15) is 303 Å². The lowest BCUT2D eigenvalue weighted by Crippen LogP contribution is -2.30. The van der Waals surface area contributed by atoms with Crippen LogP contribution in [0.25, 0.3) is 0 Å². The molecule has 0 heterocycles. The molecule has 0 bridgehead atoms. The Hall–Kier alpha value is -3.93. The summed E-state index contributed by atoms with van der Waals surface area (Å²) >= 11 is 0. The zero-order chi connectivity index (χ0) is 55.7. The highest BCUT2D eigenvalue weighted by Crippen LogP contribution is 2.16. The zero-order valence-electron chi connectivity index (χ0n) is 50.4. The van der Waals surface area contributed by atoms with Gasteiger partial charge < -0.3 is 14.2 Å². The van der Waals surface area contributed by atoms with Gasteiger partial charge in [-0.2, -0.15) is 0 Å². The number of rotatable bonds is 58. The van der Waals surface area contributed by atoms with Gasteiger partial charge >= 0.3 is 17.9 Å². The lowest BCUT2D eigenvalue weighted by atomic mass is 10.0. The molecule has 0 rings (SSSR count). The van der Waals surface area contributed by atoms with Gasteiger partial charge in [0.05, 0.1) is 0 Å². The largest absolute Gasteiger partial charge is 0.462 e. The quantitative estimate of drug-likeness (QED) is 0.0261. The lowest BCUT2D eigenvalue weighted by Gasteiger charge is -2.18. The molecule has 1 unspecified atom stereocenters. The fraction of sp³-hybridized carbons (Fsp3) is 0.704. The summed E-state index contributed by atoms with van der Waals surface area (Å²) in [5, 5.41) is 0. The molecule has 0 aromatic rings. The van der Waals surface area contributed by atoms with Crippen molar-refractivity contribution in [2.45, 2.75) is 309 Å². The van der Waals surface area contributed by atoms with E-state index in [0.717, 1.165) is 128 Å². The minimum absolute atomic E-state index is 0.0875. The summed E-state index contributed by atoms with van der Waals surface area (Å²) in [7, 11) is 0. The van der Waals surface area contributed by atoms with E-state index in [-0.39, 0.29) is 31.1 Å². The molecule has 0 saturated carbocycles. The summed E-state index contributed by atoms with van der Waals surface area (Å²) in [5.74, 6) is -0.905. The Balaban J connectivity index is 4.34. The van der Waals surface area contributed by atoms with E-state index >= 15 is 0 Å². The average Bonchev–Trinajstić information content (AvgIpc) is 3.43. The normalized spacial score (nSPS) is 12.8. The Morgan fingerprint density at radius 3 is 0.831 bits per heavy atom. The van der Waals surface area contributed by atoms with Gasteiger partial charge in [0.25, 0.3) is 0 Å². The molecule has 6 heteroatoms. The van der Waals surface area contributed by atoms with Crippen molar-refractivity contribution in [2.24, 2.45) is 0 Å². The van der Waals surface area contributed by atoms with E-state index < -0.39 is 6.10 Å². The fourth-order valence-corrected chi connectivity index (χ4v) is 8.87. The summed E-state index contributed by atoms with van der Waals surface area (Å²) in [4.78, 5) is 38.3. The number of esters is 3. The third kappa shape index (κ3) is 62.8. The third-order valence-electron chi connectivity index (χ3n) is 13.7. The summed E-state index contributed by atoms with van der Waals surface area (Å²) in [5.41, 5.74) is 0. The number of carbonyl (C=O) groups is 3. The molecule has 0 amide bonds. The molecular weight excluding hydrogens is 949 g/mol. The summed E-state index contributed by atoms with van der Waals surface area (Å²) < 4.78 is 16.9. The molecule has 0 radical (unpaired) electrons. The minimum atomic E-state index is -0.792. The molecule has 0 saturated heterocycles. The third-order valence-corrected chi connectivity index (χ3v) is 13.7. The van der Waals surface area contributed by atoms with Crippen molar-refractivity contribution < 1.29 is 28.6 Å². The van der Waals surface area contributed by atoms with E-state index in [0.29, 0.717) is 19.3 Å². The molecular formula is C71H120O6. The van der Waals surface area contributed by atoms with Crippen molar-refractivity contribution >= 4 is 17.9 Å². The standard InChI is InChI=1S/C71H120O6/c1-4-7-10-13-16-19-22-25-28-30-32-33-34-35-36-37-38-39-40-42-43-46-49-52-55-58-61-64-70(73)76-67-68(66-75-69(72)63-60-57-54-51-48-45-27-24-21-18-15-12-9-6-3)77-71(74)65-62-59-56-53-50-47-44-41-31-29-26-23-20-17-14-11-8-5-2/h7,10,15-16,18-20,23-25,27-29,31-33,35-36,68H,4-6,8-9,11-14,17,21-22,26,30,34,37-67H2,1-3H3/b10-7-,18-15-,19-16-,23-20-,27-24-,28-25-,31-29-,33-32-,36-35-. The zero-order valence-corrected chi connectivity index (χ0v) is 50.4. The highest BCUT2D eigenvalue weighted by molar-refractivity contribution is 5.71.